The maximum atomic E-state index is 5.75. The lowest BCUT2D eigenvalue weighted by molar-refractivity contribution is 0.326. The third-order valence-corrected chi connectivity index (χ3v) is 4.20. The van der Waals surface area contributed by atoms with Gasteiger partial charge in [-0.15, -0.1) is 0 Å². The Hall–Kier alpha value is -1.62. The largest absolute Gasteiger partial charge is 0.478 e. The molecule has 1 aliphatic carbocycles. The molecule has 5 nitrogen and oxygen atoms in total. The molecule has 5 heteroatoms. The minimum Gasteiger partial charge on any atom is -0.478 e. The molecule has 2 aromatic rings. The minimum absolute atomic E-state index is 0.516. The van der Waals surface area contributed by atoms with Gasteiger partial charge in [0.1, 0.15) is 5.82 Å². The molecule has 0 unspecified atom stereocenters. The summed E-state index contributed by atoms with van der Waals surface area (Å²) in [7, 11) is 0. The number of aromatic amines is 1. The van der Waals surface area contributed by atoms with E-state index in [0.717, 1.165) is 23.5 Å². The zero-order valence-corrected chi connectivity index (χ0v) is 11.9. The quantitative estimate of drug-likeness (QED) is 0.898. The number of pyridine rings is 1. The lowest BCUT2D eigenvalue weighted by Crippen LogP contribution is -2.21. The molecule has 0 bridgehead atoms. The van der Waals surface area contributed by atoms with Crippen molar-refractivity contribution in [1.82, 2.24) is 15.0 Å². The standard InChI is InChI=1S/C15H22N4O/c1-2-20-13-8-7-12-15(18-13)19-14(17-12)11-5-3-10(9-16)4-6-11/h7-8,10-11H,2-6,9,16H2,1H3,(H,17,18,19). The highest BCUT2D eigenvalue weighted by molar-refractivity contribution is 5.71. The van der Waals surface area contributed by atoms with Crippen LogP contribution in [0, 0.1) is 5.92 Å². The molecule has 0 spiro atoms. The summed E-state index contributed by atoms with van der Waals surface area (Å²) in [6.07, 6.45) is 4.74. The number of rotatable bonds is 4. The van der Waals surface area contributed by atoms with Gasteiger partial charge in [0.25, 0.3) is 0 Å². The summed E-state index contributed by atoms with van der Waals surface area (Å²) < 4.78 is 5.42. The van der Waals surface area contributed by atoms with Crippen molar-refractivity contribution in [2.24, 2.45) is 11.7 Å². The number of aromatic nitrogens is 3. The lowest BCUT2D eigenvalue weighted by atomic mass is 9.82. The van der Waals surface area contributed by atoms with Crippen molar-refractivity contribution in [3.8, 4) is 5.88 Å². The van der Waals surface area contributed by atoms with E-state index in [2.05, 4.69) is 15.0 Å². The predicted octanol–water partition coefficient (Wildman–Crippen LogP) is 2.59. The first kappa shape index (κ1) is 13.4. The second kappa shape index (κ2) is 5.79. The number of ether oxygens (including phenoxy) is 1. The summed E-state index contributed by atoms with van der Waals surface area (Å²) in [5, 5.41) is 0. The van der Waals surface area contributed by atoms with Crippen molar-refractivity contribution in [3.63, 3.8) is 0 Å². The Morgan fingerprint density at radius 2 is 2.05 bits per heavy atom. The maximum Gasteiger partial charge on any atom is 0.215 e. The number of H-pyrrole nitrogens is 1. The van der Waals surface area contributed by atoms with Crippen molar-refractivity contribution in [3.05, 3.63) is 18.0 Å². The first-order chi connectivity index (χ1) is 9.80. The highest BCUT2D eigenvalue weighted by Gasteiger charge is 2.24. The molecule has 0 atom stereocenters. The van der Waals surface area contributed by atoms with Gasteiger partial charge < -0.3 is 15.5 Å². The zero-order valence-electron chi connectivity index (χ0n) is 11.9. The van der Waals surface area contributed by atoms with E-state index in [0.29, 0.717) is 24.3 Å². The molecule has 0 radical (unpaired) electrons. The van der Waals surface area contributed by atoms with Gasteiger partial charge in [-0.25, -0.2) is 4.98 Å². The van der Waals surface area contributed by atoms with Gasteiger partial charge in [0, 0.05) is 12.0 Å². The van der Waals surface area contributed by atoms with Gasteiger partial charge in [0.05, 0.1) is 12.1 Å². The van der Waals surface area contributed by atoms with E-state index >= 15 is 0 Å². The van der Waals surface area contributed by atoms with Crippen LogP contribution in [-0.2, 0) is 0 Å². The van der Waals surface area contributed by atoms with Crippen LogP contribution in [-0.4, -0.2) is 28.1 Å². The number of imidazole rings is 1. The normalized spacial score (nSPS) is 23.1. The van der Waals surface area contributed by atoms with Gasteiger partial charge in [0.2, 0.25) is 5.88 Å². The first-order valence-corrected chi connectivity index (χ1v) is 7.49. The molecule has 0 amide bonds. The maximum absolute atomic E-state index is 5.75. The van der Waals surface area contributed by atoms with Crippen LogP contribution in [0.5, 0.6) is 5.88 Å². The smallest absolute Gasteiger partial charge is 0.215 e. The van der Waals surface area contributed by atoms with E-state index < -0.39 is 0 Å². The van der Waals surface area contributed by atoms with Crippen LogP contribution in [0.25, 0.3) is 11.2 Å². The van der Waals surface area contributed by atoms with Crippen LogP contribution in [0.4, 0.5) is 0 Å². The molecular weight excluding hydrogens is 252 g/mol. The topological polar surface area (TPSA) is 76.8 Å². The van der Waals surface area contributed by atoms with Crippen molar-refractivity contribution in [2.45, 2.75) is 38.5 Å². The molecule has 2 heterocycles. The van der Waals surface area contributed by atoms with Crippen LogP contribution in [0.3, 0.4) is 0 Å². The summed E-state index contributed by atoms with van der Waals surface area (Å²) in [6.45, 7) is 3.39. The fourth-order valence-electron chi connectivity index (χ4n) is 2.99. The summed E-state index contributed by atoms with van der Waals surface area (Å²) in [5.41, 5.74) is 7.49. The highest BCUT2D eigenvalue weighted by Crippen LogP contribution is 2.34. The number of hydrogen-bond donors (Lipinski definition) is 2. The van der Waals surface area contributed by atoms with Gasteiger partial charge in [-0.2, -0.15) is 4.98 Å². The second-order valence-electron chi connectivity index (χ2n) is 5.53. The van der Waals surface area contributed by atoms with E-state index in [-0.39, 0.29) is 0 Å². The molecule has 108 valence electrons. The van der Waals surface area contributed by atoms with Gasteiger partial charge in [0.15, 0.2) is 5.65 Å². The van der Waals surface area contributed by atoms with E-state index in [1.165, 1.54) is 25.7 Å². The first-order valence-electron chi connectivity index (χ1n) is 7.49. The van der Waals surface area contributed by atoms with Crippen LogP contribution in [0.1, 0.15) is 44.3 Å². The van der Waals surface area contributed by atoms with Crippen molar-refractivity contribution >= 4 is 11.2 Å². The fraction of sp³-hybridized carbons (Fsp3) is 0.600. The molecule has 1 fully saturated rings. The van der Waals surface area contributed by atoms with Crippen molar-refractivity contribution in [1.29, 1.82) is 0 Å². The van der Waals surface area contributed by atoms with E-state index in [9.17, 15) is 0 Å². The molecule has 1 saturated carbocycles. The summed E-state index contributed by atoms with van der Waals surface area (Å²) in [5.74, 6) is 2.92. The number of nitrogens with one attached hydrogen (secondary N) is 1. The van der Waals surface area contributed by atoms with Crippen LogP contribution >= 0.6 is 0 Å². The molecule has 0 aliphatic heterocycles. The Morgan fingerprint density at radius 1 is 1.25 bits per heavy atom. The van der Waals surface area contributed by atoms with Crippen LogP contribution < -0.4 is 10.5 Å². The molecule has 0 aromatic carbocycles. The van der Waals surface area contributed by atoms with Crippen LogP contribution in [0.2, 0.25) is 0 Å². The summed E-state index contributed by atoms with van der Waals surface area (Å²) >= 11 is 0. The summed E-state index contributed by atoms with van der Waals surface area (Å²) in [6, 6.07) is 3.88. The average molecular weight is 274 g/mol. The molecule has 3 rings (SSSR count). The van der Waals surface area contributed by atoms with E-state index in [4.69, 9.17) is 10.5 Å². The third-order valence-electron chi connectivity index (χ3n) is 4.20. The average Bonchev–Trinajstić information content (AvgIpc) is 2.91. The third kappa shape index (κ3) is 2.63. The monoisotopic (exact) mass is 274 g/mol. The predicted molar refractivity (Wildman–Crippen MR) is 78.8 cm³/mol. The minimum atomic E-state index is 0.516. The number of nitrogens with two attached hydrogens (primary N) is 1. The number of fused-ring (bicyclic) bond motifs is 1. The van der Waals surface area contributed by atoms with Gasteiger partial charge >= 0.3 is 0 Å². The Labute approximate surface area is 118 Å². The Kier molecular flexibility index (Phi) is 3.87. The second-order valence-corrected chi connectivity index (χ2v) is 5.53. The number of hydrogen-bond acceptors (Lipinski definition) is 4. The lowest BCUT2D eigenvalue weighted by Gasteiger charge is -2.26. The fourth-order valence-corrected chi connectivity index (χ4v) is 2.99. The van der Waals surface area contributed by atoms with Gasteiger partial charge in [-0.1, -0.05) is 0 Å². The molecule has 0 saturated heterocycles. The van der Waals surface area contributed by atoms with Crippen molar-refractivity contribution in [2.75, 3.05) is 13.2 Å². The van der Waals surface area contributed by atoms with Gasteiger partial charge in [-0.3, -0.25) is 0 Å². The van der Waals surface area contributed by atoms with E-state index in [1.54, 1.807) is 0 Å². The SMILES string of the molecule is CCOc1ccc2[nH]c(C3CCC(CN)CC3)nc2n1. The molecule has 1 aliphatic rings. The Morgan fingerprint density at radius 3 is 2.75 bits per heavy atom. The van der Waals surface area contributed by atoms with Crippen LogP contribution in [0.15, 0.2) is 12.1 Å². The van der Waals surface area contributed by atoms with E-state index in [1.807, 2.05) is 19.1 Å². The number of nitrogens with zero attached hydrogens (tertiary/aromatic N) is 2. The Balaban J connectivity index is 1.79. The zero-order chi connectivity index (χ0) is 13.9. The molecule has 3 N–H and O–H groups in total. The summed E-state index contributed by atoms with van der Waals surface area (Å²) in [4.78, 5) is 12.5. The van der Waals surface area contributed by atoms with Crippen molar-refractivity contribution < 1.29 is 4.74 Å². The molecule has 20 heavy (non-hydrogen) atoms. The van der Waals surface area contributed by atoms with Gasteiger partial charge in [-0.05, 0) is 51.1 Å². The highest BCUT2D eigenvalue weighted by atomic mass is 16.5. The molecule has 2 aromatic heterocycles. The molecular formula is C15H22N4O. The Bertz CT molecular complexity index is 572.